The first-order valence-electron chi connectivity index (χ1n) is 8.48. The number of aliphatic imine (C=N–C) groups is 1. The Morgan fingerprint density at radius 2 is 2.19 bits per heavy atom. The average Bonchev–Trinajstić information content (AvgIpc) is 3.24. The Labute approximate surface area is 163 Å². The topological polar surface area (TPSA) is 79.8 Å². The first-order chi connectivity index (χ1) is 13.0. The number of thioether (sulfide) groups is 2. The van der Waals surface area contributed by atoms with E-state index in [1.165, 1.54) is 23.9 Å². The van der Waals surface area contributed by atoms with Crippen molar-refractivity contribution in [3.05, 3.63) is 24.3 Å². The lowest BCUT2D eigenvalue weighted by Gasteiger charge is -2.08. The Hall–Kier alpha value is -1.65. The van der Waals surface area contributed by atoms with E-state index in [9.17, 15) is 18.4 Å². The van der Waals surface area contributed by atoms with Gasteiger partial charge in [0.25, 0.3) is 5.76 Å². The largest absolute Gasteiger partial charge is 0.376 e. The second kappa shape index (κ2) is 9.52. The fourth-order valence-electron chi connectivity index (χ4n) is 2.69. The Balaban J connectivity index is 1.47. The van der Waals surface area contributed by atoms with Gasteiger partial charge in [0.2, 0.25) is 11.8 Å². The average molecular weight is 415 g/mol. The van der Waals surface area contributed by atoms with E-state index in [1.807, 2.05) is 0 Å². The number of nitrogens with zero attached hydrogens (tertiary/aromatic N) is 1. The second-order valence-corrected chi connectivity index (χ2v) is 8.29. The lowest BCUT2D eigenvalue weighted by atomic mass is 10.2. The number of alkyl halides is 2. The van der Waals surface area contributed by atoms with Crippen molar-refractivity contribution in [1.82, 2.24) is 5.32 Å². The van der Waals surface area contributed by atoms with Crippen LogP contribution in [0.1, 0.15) is 19.3 Å². The van der Waals surface area contributed by atoms with Gasteiger partial charge in [-0.05, 0) is 37.1 Å². The maximum absolute atomic E-state index is 12.3. The van der Waals surface area contributed by atoms with Gasteiger partial charge in [-0.25, -0.2) is 0 Å². The van der Waals surface area contributed by atoms with Crippen molar-refractivity contribution >= 4 is 46.2 Å². The van der Waals surface area contributed by atoms with E-state index in [0.29, 0.717) is 34.1 Å². The minimum Gasteiger partial charge on any atom is -0.376 e. The molecule has 2 saturated heterocycles. The number of hydrogen-bond acceptors (Lipinski definition) is 6. The predicted molar refractivity (Wildman–Crippen MR) is 102 cm³/mol. The third kappa shape index (κ3) is 6.18. The van der Waals surface area contributed by atoms with Gasteiger partial charge in [0.15, 0.2) is 5.17 Å². The minimum atomic E-state index is -2.49. The molecule has 0 spiro atoms. The first-order valence-corrected chi connectivity index (χ1v) is 10.2. The molecule has 2 aliphatic rings. The third-order valence-corrected chi connectivity index (χ3v) is 5.82. The number of halogens is 2. The van der Waals surface area contributed by atoms with Gasteiger partial charge in [-0.1, -0.05) is 23.5 Å². The molecule has 10 heteroatoms. The second-order valence-electron chi connectivity index (χ2n) is 6.03. The minimum absolute atomic E-state index is 0.00296. The van der Waals surface area contributed by atoms with Gasteiger partial charge in [-0.3, -0.25) is 14.6 Å². The standard InChI is InChI=1S/C17H19F2N3O3S2/c18-16(19)26-12-5-3-10(4-6-12)21-14(23)8-13-15(24)22-17(27-13)20-9-11-2-1-7-25-11/h3-6,11,13,16H,1-2,7-9H2,(H,21,23)(H,20,22,24)/t11-,13-/m0/s1. The van der Waals surface area contributed by atoms with Crippen molar-refractivity contribution in [3.63, 3.8) is 0 Å². The maximum Gasteiger partial charge on any atom is 0.288 e. The van der Waals surface area contributed by atoms with E-state index in [2.05, 4.69) is 15.6 Å². The lowest BCUT2D eigenvalue weighted by Crippen LogP contribution is -2.28. The zero-order chi connectivity index (χ0) is 19.2. The van der Waals surface area contributed by atoms with E-state index >= 15 is 0 Å². The van der Waals surface area contributed by atoms with Crippen LogP contribution < -0.4 is 10.6 Å². The van der Waals surface area contributed by atoms with Gasteiger partial charge in [-0.2, -0.15) is 8.78 Å². The highest BCUT2D eigenvalue weighted by atomic mass is 32.2. The molecule has 0 radical (unpaired) electrons. The Morgan fingerprint density at radius 1 is 1.41 bits per heavy atom. The number of hydrogen-bond donors (Lipinski definition) is 2. The zero-order valence-corrected chi connectivity index (χ0v) is 16.0. The van der Waals surface area contributed by atoms with Gasteiger partial charge in [0.1, 0.15) is 5.25 Å². The van der Waals surface area contributed by atoms with E-state index in [0.717, 1.165) is 19.4 Å². The zero-order valence-electron chi connectivity index (χ0n) is 14.3. The maximum atomic E-state index is 12.3. The van der Waals surface area contributed by atoms with Gasteiger partial charge in [0, 0.05) is 23.6 Å². The molecule has 0 saturated carbocycles. The van der Waals surface area contributed by atoms with Gasteiger partial charge >= 0.3 is 0 Å². The van der Waals surface area contributed by atoms with Crippen molar-refractivity contribution in [3.8, 4) is 0 Å². The molecule has 0 aliphatic carbocycles. The molecule has 0 bridgehead atoms. The fourth-order valence-corrected chi connectivity index (χ4v) is 4.17. The Kier molecular flexibility index (Phi) is 7.08. The highest BCUT2D eigenvalue weighted by Crippen LogP contribution is 2.27. The number of ether oxygens (including phenoxy) is 1. The van der Waals surface area contributed by atoms with E-state index in [-0.39, 0.29) is 24.3 Å². The van der Waals surface area contributed by atoms with Crippen LogP contribution in [0.5, 0.6) is 0 Å². The number of benzene rings is 1. The molecule has 2 heterocycles. The highest BCUT2D eigenvalue weighted by molar-refractivity contribution is 8.15. The highest BCUT2D eigenvalue weighted by Gasteiger charge is 2.32. The van der Waals surface area contributed by atoms with E-state index < -0.39 is 11.0 Å². The van der Waals surface area contributed by atoms with Crippen LogP contribution in [0, 0.1) is 0 Å². The molecule has 0 aromatic heterocycles. The van der Waals surface area contributed by atoms with Crippen LogP contribution in [0.3, 0.4) is 0 Å². The predicted octanol–water partition coefficient (Wildman–Crippen LogP) is 3.10. The van der Waals surface area contributed by atoms with Crippen LogP contribution in [-0.4, -0.2) is 47.2 Å². The van der Waals surface area contributed by atoms with Crippen LogP contribution in [0.15, 0.2) is 34.2 Å². The molecule has 146 valence electrons. The summed E-state index contributed by atoms with van der Waals surface area (Å²) in [4.78, 5) is 29.0. The smallest absolute Gasteiger partial charge is 0.288 e. The summed E-state index contributed by atoms with van der Waals surface area (Å²) in [6.07, 6.45) is 2.10. The van der Waals surface area contributed by atoms with Crippen LogP contribution in [0.4, 0.5) is 14.5 Å². The Morgan fingerprint density at radius 3 is 2.85 bits per heavy atom. The molecule has 1 aromatic rings. The number of amides is 2. The van der Waals surface area contributed by atoms with Crippen molar-refractivity contribution in [2.45, 2.75) is 41.3 Å². The Bertz CT molecular complexity index is 710. The van der Waals surface area contributed by atoms with Crippen molar-refractivity contribution in [1.29, 1.82) is 0 Å². The van der Waals surface area contributed by atoms with Crippen molar-refractivity contribution < 1.29 is 23.1 Å². The summed E-state index contributed by atoms with van der Waals surface area (Å²) in [5.41, 5.74) is 0.495. The normalized spacial score (nSPS) is 23.8. The van der Waals surface area contributed by atoms with Crippen LogP contribution in [0.2, 0.25) is 0 Å². The van der Waals surface area contributed by atoms with Crippen LogP contribution >= 0.6 is 23.5 Å². The van der Waals surface area contributed by atoms with E-state index in [4.69, 9.17) is 4.74 Å². The molecular weight excluding hydrogens is 396 g/mol. The number of carbonyl (C=O) groups excluding carboxylic acids is 2. The van der Waals surface area contributed by atoms with Crippen molar-refractivity contribution in [2.75, 3.05) is 18.5 Å². The third-order valence-electron chi connectivity index (χ3n) is 3.97. The summed E-state index contributed by atoms with van der Waals surface area (Å²) >= 11 is 1.68. The summed E-state index contributed by atoms with van der Waals surface area (Å²) in [7, 11) is 0. The quantitative estimate of drug-likeness (QED) is 0.669. The summed E-state index contributed by atoms with van der Waals surface area (Å²) in [6, 6.07) is 6.14. The number of nitrogens with one attached hydrogen (secondary N) is 2. The van der Waals surface area contributed by atoms with Gasteiger partial charge in [-0.15, -0.1) is 0 Å². The number of anilines is 1. The molecule has 27 heavy (non-hydrogen) atoms. The van der Waals surface area contributed by atoms with Crippen molar-refractivity contribution in [2.24, 2.45) is 4.99 Å². The summed E-state index contributed by atoms with van der Waals surface area (Å²) in [5, 5.41) is 5.34. The molecular formula is C17H19F2N3O3S2. The lowest BCUT2D eigenvalue weighted by molar-refractivity contribution is -0.122. The molecule has 2 N–H and O–H groups in total. The summed E-state index contributed by atoms with van der Waals surface area (Å²) in [5.74, 6) is -3.05. The molecule has 2 fully saturated rings. The molecule has 2 aliphatic heterocycles. The molecule has 6 nitrogen and oxygen atoms in total. The summed E-state index contributed by atoms with van der Waals surface area (Å²) in [6.45, 7) is 1.25. The first kappa shape index (κ1) is 20.1. The number of rotatable bonds is 7. The fraction of sp³-hybridized carbons (Fsp3) is 0.471. The number of amidine groups is 1. The van der Waals surface area contributed by atoms with Crippen LogP contribution in [0.25, 0.3) is 0 Å². The molecule has 2 amide bonds. The molecule has 1 aromatic carbocycles. The molecule has 3 rings (SSSR count). The van der Waals surface area contributed by atoms with Crippen LogP contribution in [-0.2, 0) is 14.3 Å². The van der Waals surface area contributed by atoms with E-state index in [1.54, 1.807) is 12.1 Å². The molecule has 0 unspecified atom stereocenters. The van der Waals surface area contributed by atoms with Gasteiger partial charge in [0.05, 0.1) is 12.6 Å². The molecule has 2 atom stereocenters. The van der Waals surface area contributed by atoms with Gasteiger partial charge < -0.3 is 15.4 Å². The SMILES string of the molecule is O=C(C[C@@H]1SC(=NC[C@@H]2CCCO2)NC1=O)Nc1ccc(SC(F)F)cc1. The summed E-state index contributed by atoms with van der Waals surface area (Å²) < 4.78 is 30.1. The monoisotopic (exact) mass is 415 g/mol. The number of carbonyl (C=O) groups is 2.